The summed E-state index contributed by atoms with van der Waals surface area (Å²) in [6, 6.07) is 20.6. The molecule has 29 heavy (non-hydrogen) atoms. The summed E-state index contributed by atoms with van der Waals surface area (Å²) in [5, 5.41) is 2.88. The maximum Gasteiger partial charge on any atom is 0.229 e. The number of nitrogens with zero attached hydrogens (tertiary/aromatic N) is 2. The van der Waals surface area contributed by atoms with Crippen molar-refractivity contribution in [2.45, 2.75) is 24.2 Å². The first-order chi connectivity index (χ1) is 14.2. The van der Waals surface area contributed by atoms with Crippen LogP contribution in [-0.4, -0.2) is 23.7 Å². The van der Waals surface area contributed by atoms with Gasteiger partial charge in [-0.2, -0.15) is 0 Å². The van der Waals surface area contributed by atoms with Crippen molar-refractivity contribution in [2.75, 3.05) is 17.7 Å². The summed E-state index contributed by atoms with van der Waals surface area (Å²) in [7, 11) is 0. The molecule has 6 heteroatoms. The van der Waals surface area contributed by atoms with Crippen molar-refractivity contribution in [2.24, 2.45) is 0 Å². The summed E-state index contributed by atoms with van der Waals surface area (Å²) in [6.07, 6.45) is 4.14. The van der Waals surface area contributed by atoms with E-state index in [0.717, 1.165) is 33.1 Å². The van der Waals surface area contributed by atoms with Gasteiger partial charge in [-0.3, -0.25) is 9.69 Å². The number of hydrogen-bond acceptors (Lipinski definition) is 5. The molecule has 1 amide bonds. The van der Waals surface area contributed by atoms with E-state index in [1.54, 1.807) is 34.4 Å². The van der Waals surface area contributed by atoms with Crippen LogP contribution in [0.15, 0.2) is 70.9 Å². The van der Waals surface area contributed by atoms with Crippen LogP contribution in [0.5, 0.6) is 0 Å². The lowest BCUT2D eigenvalue weighted by molar-refractivity contribution is -0.118. The number of carbonyl (C=O) groups excluding carboxylic acids is 1. The molecule has 4 rings (SSSR count). The van der Waals surface area contributed by atoms with E-state index in [-0.39, 0.29) is 5.91 Å². The van der Waals surface area contributed by atoms with Crippen LogP contribution in [0.2, 0.25) is 0 Å². The van der Waals surface area contributed by atoms with E-state index in [1.807, 2.05) is 23.1 Å². The molecule has 0 aliphatic heterocycles. The third-order valence-electron chi connectivity index (χ3n) is 4.75. The maximum atomic E-state index is 13.2. The first-order valence-electron chi connectivity index (χ1n) is 9.55. The molecule has 0 radical (unpaired) electrons. The highest BCUT2D eigenvalue weighted by Crippen LogP contribution is 2.34. The molecule has 2 heterocycles. The number of hydrogen-bond donors (Lipinski definition) is 0. The molecule has 0 saturated carbocycles. The molecular formula is C23H22N2OS3. The predicted octanol–water partition coefficient (Wildman–Crippen LogP) is 6.29. The number of amides is 1. The standard InChI is InChI=1S/C23H22N2OS3/c1-27-19-10-5-11-20-22(19)24-23(29-20)25(15-14-18-9-6-16-28-18)21(26)13-12-17-7-3-2-4-8-17/h2-11,16H,12-15H2,1H3. The van der Waals surface area contributed by atoms with Crippen LogP contribution < -0.4 is 4.90 Å². The van der Waals surface area contributed by atoms with E-state index in [2.05, 4.69) is 54.1 Å². The molecule has 3 nitrogen and oxygen atoms in total. The normalized spacial score (nSPS) is 11.1. The molecule has 0 atom stereocenters. The van der Waals surface area contributed by atoms with Gasteiger partial charge in [0.2, 0.25) is 5.91 Å². The minimum Gasteiger partial charge on any atom is -0.288 e. The van der Waals surface area contributed by atoms with Gasteiger partial charge < -0.3 is 0 Å². The third-order valence-corrected chi connectivity index (χ3v) is 7.50. The molecule has 2 aromatic heterocycles. The van der Waals surface area contributed by atoms with Crippen LogP contribution >= 0.6 is 34.4 Å². The van der Waals surface area contributed by atoms with E-state index < -0.39 is 0 Å². The molecule has 148 valence electrons. The summed E-state index contributed by atoms with van der Waals surface area (Å²) < 4.78 is 1.13. The van der Waals surface area contributed by atoms with Crippen LogP contribution in [0.25, 0.3) is 10.2 Å². The first-order valence-corrected chi connectivity index (χ1v) is 12.5. The Hall–Kier alpha value is -2.15. The zero-order valence-corrected chi connectivity index (χ0v) is 18.7. The lowest BCUT2D eigenvalue weighted by Crippen LogP contribution is -2.33. The predicted molar refractivity (Wildman–Crippen MR) is 127 cm³/mol. The fourth-order valence-electron chi connectivity index (χ4n) is 3.23. The minimum atomic E-state index is 0.134. The van der Waals surface area contributed by atoms with E-state index in [1.165, 1.54) is 10.4 Å². The third kappa shape index (κ3) is 4.89. The van der Waals surface area contributed by atoms with Crippen LogP contribution in [-0.2, 0) is 17.6 Å². The van der Waals surface area contributed by atoms with Gasteiger partial charge in [-0.1, -0.05) is 53.8 Å². The fraction of sp³-hybridized carbons (Fsp3) is 0.217. The number of anilines is 1. The van der Waals surface area contributed by atoms with Crippen molar-refractivity contribution < 1.29 is 4.79 Å². The lowest BCUT2D eigenvalue weighted by Gasteiger charge is -2.19. The second-order valence-electron chi connectivity index (χ2n) is 6.66. The quantitative estimate of drug-likeness (QED) is 0.303. The number of para-hydroxylation sites is 1. The number of fused-ring (bicyclic) bond motifs is 1. The first kappa shape index (κ1) is 20.1. The molecule has 0 bridgehead atoms. The highest BCUT2D eigenvalue weighted by Gasteiger charge is 2.20. The van der Waals surface area contributed by atoms with Gasteiger partial charge in [-0.25, -0.2) is 4.98 Å². The molecule has 0 saturated heterocycles. The Balaban J connectivity index is 1.58. The Morgan fingerprint density at radius 1 is 1.03 bits per heavy atom. The lowest BCUT2D eigenvalue weighted by atomic mass is 10.1. The Kier molecular flexibility index (Phi) is 6.64. The number of benzene rings is 2. The summed E-state index contributed by atoms with van der Waals surface area (Å²) in [4.78, 5) is 22.4. The van der Waals surface area contributed by atoms with E-state index >= 15 is 0 Å². The number of thioether (sulfide) groups is 1. The average Bonchev–Trinajstić information content (AvgIpc) is 3.42. The number of thiophene rings is 1. The smallest absolute Gasteiger partial charge is 0.229 e. The number of rotatable bonds is 8. The second-order valence-corrected chi connectivity index (χ2v) is 9.55. The van der Waals surface area contributed by atoms with Gasteiger partial charge in [-0.15, -0.1) is 23.1 Å². The molecule has 2 aromatic carbocycles. The van der Waals surface area contributed by atoms with Crippen molar-refractivity contribution in [3.8, 4) is 0 Å². The van der Waals surface area contributed by atoms with E-state index in [4.69, 9.17) is 4.98 Å². The van der Waals surface area contributed by atoms with Crippen molar-refractivity contribution in [3.63, 3.8) is 0 Å². The van der Waals surface area contributed by atoms with Crippen LogP contribution in [0.3, 0.4) is 0 Å². The number of aromatic nitrogens is 1. The van der Waals surface area contributed by atoms with Crippen molar-refractivity contribution in [1.82, 2.24) is 4.98 Å². The second kappa shape index (κ2) is 9.57. The highest BCUT2D eigenvalue weighted by atomic mass is 32.2. The zero-order valence-electron chi connectivity index (χ0n) is 16.2. The largest absolute Gasteiger partial charge is 0.288 e. The summed E-state index contributed by atoms with van der Waals surface area (Å²) >= 11 is 5.03. The number of carbonyl (C=O) groups is 1. The van der Waals surface area contributed by atoms with Gasteiger partial charge in [-0.05, 0) is 48.2 Å². The molecule has 0 fully saturated rings. The summed E-state index contributed by atoms with van der Waals surface area (Å²) in [5.74, 6) is 0.134. The van der Waals surface area contributed by atoms with E-state index in [0.29, 0.717) is 13.0 Å². The maximum absolute atomic E-state index is 13.2. The SMILES string of the molecule is CSc1cccc2sc(N(CCc3cccs3)C(=O)CCc3ccccc3)nc12. The summed E-state index contributed by atoms with van der Waals surface area (Å²) in [6.45, 7) is 0.655. The Bertz CT molecular complexity index is 1070. The molecule has 0 N–H and O–H groups in total. The Morgan fingerprint density at radius 2 is 1.90 bits per heavy atom. The Labute approximate surface area is 183 Å². The van der Waals surface area contributed by atoms with Gasteiger partial charge in [0.25, 0.3) is 0 Å². The molecule has 0 spiro atoms. The van der Waals surface area contributed by atoms with Gasteiger partial charge in [0.15, 0.2) is 5.13 Å². The van der Waals surface area contributed by atoms with Crippen molar-refractivity contribution >= 4 is 55.7 Å². The van der Waals surface area contributed by atoms with E-state index in [9.17, 15) is 4.79 Å². The minimum absolute atomic E-state index is 0.134. The zero-order chi connectivity index (χ0) is 20.1. The molecular weight excluding hydrogens is 416 g/mol. The van der Waals surface area contributed by atoms with Crippen molar-refractivity contribution in [3.05, 3.63) is 76.5 Å². The summed E-state index contributed by atoms with van der Waals surface area (Å²) in [5.41, 5.74) is 2.19. The molecule has 0 unspecified atom stereocenters. The average molecular weight is 439 g/mol. The molecule has 4 aromatic rings. The topological polar surface area (TPSA) is 33.2 Å². The van der Waals surface area contributed by atoms with Gasteiger partial charge >= 0.3 is 0 Å². The van der Waals surface area contributed by atoms with Crippen LogP contribution in [0.1, 0.15) is 16.9 Å². The fourth-order valence-corrected chi connectivity index (χ4v) is 5.59. The van der Waals surface area contributed by atoms with Gasteiger partial charge in [0.1, 0.15) is 0 Å². The van der Waals surface area contributed by atoms with Gasteiger partial charge in [0, 0.05) is 22.7 Å². The molecule has 0 aliphatic carbocycles. The van der Waals surface area contributed by atoms with Crippen molar-refractivity contribution in [1.29, 1.82) is 0 Å². The number of thiazole rings is 1. The van der Waals surface area contributed by atoms with Crippen LogP contribution in [0, 0.1) is 0 Å². The van der Waals surface area contributed by atoms with Crippen LogP contribution in [0.4, 0.5) is 5.13 Å². The molecule has 0 aliphatic rings. The highest BCUT2D eigenvalue weighted by molar-refractivity contribution is 7.98. The monoisotopic (exact) mass is 438 g/mol. The Morgan fingerprint density at radius 3 is 2.66 bits per heavy atom. The number of aryl methyl sites for hydroxylation is 1. The van der Waals surface area contributed by atoms with Gasteiger partial charge in [0.05, 0.1) is 10.2 Å².